The standard InChI is InChI=1S/C21H20N2O5/c1-27-15-9-7-14(8-10-15)12-23-13-17(21(26)22-11-19(24)28-2)20(25)16-5-3-4-6-18(16)23/h3-10,13H,11-12H2,1-2H3,(H,22,26). The van der Waals surface area contributed by atoms with Crippen molar-refractivity contribution in [1.82, 2.24) is 9.88 Å². The highest BCUT2D eigenvalue weighted by molar-refractivity contribution is 5.98. The average molecular weight is 380 g/mol. The molecule has 1 heterocycles. The molecule has 2 aromatic carbocycles. The molecule has 0 fully saturated rings. The Morgan fingerprint density at radius 2 is 1.75 bits per heavy atom. The zero-order chi connectivity index (χ0) is 20.1. The number of methoxy groups -OCH3 is 2. The van der Waals surface area contributed by atoms with Gasteiger partial charge in [-0.05, 0) is 29.8 Å². The van der Waals surface area contributed by atoms with Crippen LogP contribution in [0.4, 0.5) is 0 Å². The van der Waals surface area contributed by atoms with E-state index in [-0.39, 0.29) is 17.5 Å². The normalized spacial score (nSPS) is 10.5. The zero-order valence-corrected chi connectivity index (χ0v) is 15.6. The second kappa shape index (κ2) is 8.39. The van der Waals surface area contributed by atoms with Gasteiger partial charge in [0.05, 0.1) is 19.7 Å². The zero-order valence-electron chi connectivity index (χ0n) is 15.6. The Balaban J connectivity index is 2.01. The summed E-state index contributed by atoms with van der Waals surface area (Å²) in [6.07, 6.45) is 1.52. The third kappa shape index (κ3) is 4.03. The molecule has 28 heavy (non-hydrogen) atoms. The van der Waals surface area contributed by atoms with E-state index < -0.39 is 11.9 Å². The van der Waals surface area contributed by atoms with Gasteiger partial charge in [-0.15, -0.1) is 0 Å². The Kier molecular flexibility index (Phi) is 5.74. The van der Waals surface area contributed by atoms with E-state index in [1.54, 1.807) is 19.2 Å². The number of pyridine rings is 1. The molecule has 144 valence electrons. The van der Waals surface area contributed by atoms with Crippen molar-refractivity contribution in [3.8, 4) is 5.75 Å². The van der Waals surface area contributed by atoms with E-state index in [4.69, 9.17) is 4.74 Å². The van der Waals surface area contributed by atoms with E-state index in [1.807, 2.05) is 41.0 Å². The van der Waals surface area contributed by atoms with Crippen LogP contribution in [0, 0.1) is 0 Å². The minimum absolute atomic E-state index is 0.0314. The summed E-state index contributed by atoms with van der Waals surface area (Å²) in [6, 6.07) is 14.6. The Morgan fingerprint density at radius 1 is 1.04 bits per heavy atom. The van der Waals surface area contributed by atoms with Gasteiger partial charge in [-0.3, -0.25) is 14.4 Å². The number of carbonyl (C=O) groups is 2. The molecule has 0 saturated carbocycles. The third-order valence-corrected chi connectivity index (χ3v) is 4.37. The highest BCUT2D eigenvalue weighted by Gasteiger charge is 2.16. The smallest absolute Gasteiger partial charge is 0.325 e. The molecule has 0 bridgehead atoms. The number of para-hydroxylation sites is 1. The maximum atomic E-state index is 12.8. The van der Waals surface area contributed by atoms with Crippen LogP contribution in [0.1, 0.15) is 15.9 Å². The van der Waals surface area contributed by atoms with Gasteiger partial charge in [-0.1, -0.05) is 24.3 Å². The van der Waals surface area contributed by atoms with Gasteiger partial charge >= 0.3 is 5.97 Å². The van der Waals surface area contributed by atoms with Gasteiger partial charge in [0.25, 0.3) is 5.91 Å². The van der Waals surface area contributed by atoms with E-state index in [1.165, 1.54) is 13.3 Å². The molecule has 0 saturated heterocycles. The van der Waals surface area contributed by atoms with Crippen LogP contribution in [0.15, 0.2) is 59.5 Å². The molecule has 1 aromatic heterocycles. The number of fused-ring (bicyclic) bond motifs is 1. The maximum Gasteiger partial charge on any atom is 0.325 e. The summed E-state index contributed by atoms with van der Waals surface area (Å²) < 4.78 is 11.5. The van der Waals surface area contributed by atoms with Crippen molar-refractivity contribution in [3.05, 3.63) is 76.1 Å². The van der Waals surface area contributed by atoms with Crippen molar-refractivity contribution < 1.29 is 19.1 Å². The van der Waals surface area contributed by atoms with Crippen LogP contribution in [-0.2, 0) is 16.1 Å². The molecule has 0 radical (unpaired) electrons. The van der Waals surface area contributed by atoms with Crippen LogP contribution in [0.25, 0.3) is 10.9 Å². The van der Waals surface area contributed by atoms with Crippen molar-refractivity contribution in [2.75, 3.05) is 20.8 Å². The van der Waals surface area contributed by atoms with E-state index in [0.717, 1.165) is 11.3 Å². The second-order valence-electron chi connectivity index (χ2n) is 6.12. The lowest BCUT2D eigenvalue weighted by Gasteiger charge is -2.14. The number of nitrogens with zero attached hydrogens (tertiary/aromatic N) is 1. The van der Waals surface area contributed by atoms with Crippen molar-refractivity contribution in [2.24, 2.45) is 0 Å². The quantitative estimate of drug-likeness (QED) is 0.661. The molecule has 0 aliphatic rings. The molecule has 3 aromatic rings. The topological polar surface area (TPSA) is 86.6 Å². The van der Waals surface area contributed by atoms with Gasteiger partial charge in [-0.2, -0.15) is 0 Å². The fraction of sp³-hybridized carbons (Fsp3) is 0.190. The molecular weight excluding hydrogens is 360 g/mol. The van der Waals surface area contributed by atoms with Gasteiger partial charge in [0.15, 0.2) is 0 Å². The first-order valence-corrected chi connectivity index (χ1v) is 8.63. The Labute approximate surface area is 161 Å². The molecule has 7 nitrogen and oxygen atoms in total. The van der Waals surface area contributed by atoms with Crippen LogP contribution in [0.2, 0.25) is 0 Å². The average Bonchev–Trinajstić information content (AvgIpc) is 2.74. The first-order chi connectivity index (χ1) is 13.5. The molecule has 0 spiro atoms. The number of esters is 1. The highest BCUT2D eigenvalue weighted by Crippen LogP contribution is 2.16. The van der Waals surface area contributed by atoms with Crippen molar-refractivity contribution in [3.63, 3.8) is 0 Å². The van der Waals surface area contributed by atoms with Gasteiger partial charge in [0, 0.05) is 18.1 Å². The molecule has 0 atom stereocenters. The molecule has 1 N–H and O–H groups in total. The van der Waals surface area contributed by atoms with Crippen molar-refractivity contribution in [1.29, 1.82) is 0 Å². The monoisotopic (exact) mass is 380 g/mol. The number of hydrogen-bond acceptors (Lipinski definition) is 5. The number of hydrogen-bond donors (Lipinski definition) is 1. The van der Waals surface area contributed by atoms with E-state index in [0.29, 0.717) is 17.4 Å². The predicted molar refractivity (Wildman–Crippen MR) is 105 cm³/mol. The molecule has 0 aliphatic heterocycles. The number of nitrogens with one attached hydrogen (secondary N) is 1. The number of benzene rings is 2. The molecular formula is C21H20N2O5. The van der Waals surface area contributed by atoms with Crippen LogP contribution in [-0.4, -0.2) is 37.2 Å². The van der Waals surface area contributed by atoms with Crippen LogP contribution in [0.3, 0.4) is 0 Å². The SMILES string of the molecule is COC(=O)CNC(=O)c1cn(Cc2ccc(OC)cc2)c2ccccc2c1=O. The lowest BCUT2D eigenvalue weighted by atomic mass is 10.1. The minimum Gasteiger partial charge on any atom is -0.497 e. The predicted octanol–water partition coefficient (Wildman–Crippen LogP) is 1.96. The molecule has 0 unspecified atom stereocenters. The minimum atomic E-state index is -0.621. The summed E-state index contributed by atoms with van der Waals surface area (Å²) >= 11 is 0. The van der Waals surface area contributed by atoms with Crippen molar-refractivity contribution in [2.45, 2.75) is 6.54 Å². The molecule has 3 rings (SSSR count). The van der Waals surface area contributed by atoms with E-state index in [9.17, 15) is 14.4 Å². The van der Waals surface area contributed by atoms with Crippen LogP contribution < -0.4 is 15.5 Å². The third-order valence-electron chi connectivity index (χ3n) is 4.37. The highest BCUT2D eigenvalue weighted by atomic mass is 16.5. The van der Waals surface area contributed by atoms with E-state index >= 15 is 0 Å². The van der Waals surface area contributed by atoms with E-state index in [2.05, 4.69) is 10.1 Å². The fourth-order valence-corrected chi connectivity index (χ4v) is 2.89. The van der Waals surface area contributed by atoms with Crippen LogP contribution in [0.5, 0.6) is 5.75 Å². The number of rotatable bonds is 6. The van der Waals surface area contributed by atoms with Gasteiger partial charge in [-0.25, -0.2) is 0 Å². The number of amides is 1. The lowest BCUT2D eigenvalue weighted by Crippen LogP contribution is -2.34. The van der Waals surface area contributed by atoms with Gasteiger partial charge in [0.2, 0.25) is 5.43 Å². The summed E-state index contributed by atoms with van der Waals surface area (Å²) in [5.74, 6) is -0.464. The summed E-state index contributed by atoms with van der Waals surface area (Å²) in [4.78, 5) is 36.5. The lowest BCUT2D eigenvalue weighted by molar-refractivity contribution is -0.139. The molecule has 7 heteroatoms. The summed E-state index contributed by atoms with van der Waals surface area (Å²) in [5.41, 5.74) is 1.28. The summed E-state index contributed by atoms with van der Waals surface area (Å²) in [7, 11) is 2.83. The first-order valence-electron chi connectivity index (χ1n) is 8.63. The first kappa shape index (κ1) is 19.2. The van der Waals surface area contributed by atoms with Crippen molar-refractivity contribution >= 4 is 22.8 Å². The maximum absolute atomic E-state index is 12.8. The second-order valence-corrected chi connectivity index (χ2v) is 6.12. The Hall–Kier alpha value is -3.61. The van der Waals surface area contributed by atoms with Gasteiger partial charge in [0.1, 0.15) is 17.9 Å². The number of ether oxygens (including phenoxy) is 2. The Morgan fingerprint density at radius 3 is 2.43 bits per heavy atom. The summed E-state index contributed by atoms with van der Waals surface area (Å²) in [5, 5.41) is 2.85. The Bertz CT molecular complexity index is 1070. The molecule has 1 amide bonds. The summed E-state index contributed by atoms with van der Waals surface area (Å²) in [6.45, 7) is 0.155. The fourth-order valence-electron chi connectivity index (χ4n) is 2.89. The number of aromatic nitrogens is 1. The van der Waals surface area contributed by atoms with Crippen LogP contribution >= 0.6 is 0 Å². The number of carbonyl (C=O) groups excluding carboxylic acids is 2. The van der Waals surface area contributed by atoms with Gasteiger partial charge < -0.3 is 19.4 Å². The largest absolute Gasteiger partial charge is 0.497 e. The molecule has 0 aliphatic carbocycles.